The van der Waals surface area contributed by atoms with Crippen molar-refractivity contribution in [1.82, 2.24) is 9.88 Å². The molecule has 2 nitrogen and oxygen atoms in total. The van der Waals surface area contributed by atoms with E-state index >= 15 is 0 Å². The Kier molecular flexibility index (Phi) is 6.81. The normalized spacial score (nSPS) is 16.4. The van der Waals surface area contributed by atoms with Crippen molar-refractivity contribution in [2.24, 2.45) is 5.92 Å². The van der Waals surface area contributed by atoms with Crippen LogP contribution in [0.3, 0.4) is 0 Å². The Bertz CT molecular complexity index is 1050. The van der Waals surface area contributed by atoms with Gasteiger partial charge in [-0.1, -0.05) is 70.2 Å². The van der Waals surface area contributed by atoms with Gasteiger partial charge in [-0.3, -0.25) is 9.88 Å². The van der Waals surface area contributed by atoms with Crippen molar-refractivity contribution < 1.29 is 0 Å². The molecule has 1 atom stereocenters. The monoisotopic (exact) mass is 426 g/mol. The van der Waals surface area contributed by atoms with Gasteiger partial charge in [0.15, 0.2) is 0 Å². The topological polar surface area (TPSA) is 16.1 Å². The van der Waals surface area contributed by atoms with E-state index in [1.807, 2.05) is 0 Å². The summed E-state index contributed by atoms with van der Waals surface area (Å²) in [6, 6.07) is 18.5. The third-order valence-corrected chi connectivity index (χ3v) is 7.24. The van der Waals surface area contributed by atoms with Crippen LogP contribution in [-0.4, -0.2) is 16.4 Å². The standard InChI is InChI=1S/C30H38N2/c1-7-23-13-11-14-24(8-2)29(23)28-18-21(5)27(22(6)31-28)19-32-17-16-25-12-9-10-15-26(25)30(32)20(3)4/h9-15,18,20,30H,7-8,16-17,19H2,1-6H3. The summed E-state index contributed by atoms with van der Waals surface area (Å²) in [6.07, 6.45) is 3.20. The maximum Gasteiger partial charge on any atom is 0.0713 e. The predicted molar refractivity (Wildman–Crippen MR) is 136 cm³/mol. The van der Waals surface area contributed by atoms with Gasteiger partial charge in [-0.25, -0.2) is 0 Å². The van der Waals surface area contributed by atoms with Crippen LogP contribution in [0.2, 0.25) is 0 Å². The van der Waals surface area contributed by atoms with E-state index in [1.165, 1.54) is 44.6 Å². The molecule has 2 aromatic carbocycles. The number of rotatable bonds is 6. The van der Waals surface area contributed by atoms with Crippen LogP contribution in [0.4, 0.5) is 0 Å². The van der Waals surface area contributed by atoms with E-state index in [2.05, 4.69) is 95.0 Å². The molecule has 0 bridgehead atoms. The summed E-state index contributed by atoms with van der Waals surface area (Å²) in [7, 11) is 0. The van der Waals surface area contributed by atoms with Gasteiger partial charge in [0, 0.05) is 30.4 Å². The molecule has 1 aromatic heterocycles. The summed E-state index contributed by atoms with van der Waals surface area (Å²) >= 11 is 0. The largest absolute Gasteiger partial charge is 0.291 e. The minimum atomic E-state index is 0.464. The zero-order chi connectivity index (χ0) is 22.8. The minimum Gasteiger partial charge on any atom is -0.291 e. The average Bonchev–Trinajstić information content (AvgIpc) is 2.80. The van der Waals surface area contributed by atoms with Crippen LogP contribution in [0.1, 0.15) is 72.8 Å². The Labute approximate surface area is 194 Å². The number of aryl methyl sites for hydroxylation is 4. The summed E-state index contributed by atoms with van der Waals surface area (Å²) in [6.45, 7) is 15.8. The number of pyridine rings is 1. The molecule has 0 N–H and O–H groups in total. The Hall–Kier alpha value is -2.45. The lowest BCUT2D eigenvalue weighted by molar-refractivity contribution is 0.135. The van der Waals surface area contributed by atoms with Gasteiger partial charge in [0.1, 0.15) is 0 Å². The van der Waals surface area contributed by atoms with Gasteiger partial charge in [0.2, 0.25) is 0 Å². The molecule has 32 heavy (non-hydrogen) atoms. The Morgan fingerprint density at radius 2 is 1.66 bits per heavy atom. The van der Waals surface area contributed by atoms with E-state index in [-0.39, 0.29) is 0 Å². The lowest BCUT2D eigenvalue weighted by Gasteiger charge is -2.40. The Morgan fingerprint density at radius 3 is 2.28 bits per heavy atom. The molecule has 0 saturated heterocycles. The van der Waals surface area contributed by atoms with Crippen molar-refractivity contribution in [3.8, 4) is 11.3 Å². The molecular weight excluding hydrogens is 388 g/mol. The number of nitrogens with zero attached hydrogens (tertiary/aromatic N) is 2. The molecular formula is C30H38N2. The maximum absolute atomic E-state index is 5.17. The molecule has 2 heterocycles. The fourth-order valence-electron chi connectivity index (χ4n) is 5.61. The van der Waals surface area contributed by atoms with Crippen molar-refractivity contribution in [3.63, 3.8) is 0 Å². The fraction of sp³-hybridized carbons (Fsp3) is 0.433. The zero-order valence-corrected chi connectivity index (χ0v) is 20.7. The van der Waals surface area contributed by atoms with E-state index < -0.39 is 0 Å². The number of hydrogen-bond acceptors (Lipinski definition) is 2. The highest BCUT2D eigenvalue weighted by Crippen LogP contribution is 2.37. The predicted octanol–water partition coefficient (Wildman–Crippen LogP) is 7.25. The van der Waals surface area contributed by atoms with Crippen LogP contribution in [0, 0.1) is 19.8 Å². The Morgan fingerprint density at radius 1 is 0.969 bits per heavy atom. The Balaban J connectivity index is 1.70. The van der Waals surface area contributed by atoms with Crippen LogP contribution in [0.5, 0.6) is 0 Å². The summed E-state index contributed by atoms with van der Waals surface area (Å²) in [5, 5.41) is 0. The molecule has 1 unspecified atom stereocenters. The van der Waals surface area contributed by atoms with E-state index in [0.717, 1.165) is 38.0 Å². The molecule has 0 saturated carbocycles. The molecule has 0 aliphatic carbocycles. The summed E-state index contributed by atoms with van der Waals surface area (Å²) in [5.74, 6) is 0.577. The van der Waals surface area contributed by atoms with Crippen LogP contribution >= 0.6 is 0 Å². The number of aromatic nitrogens is 1. The third kappa shape index (κ3) is 4.26. The van der Waals surface area contributed by atoms with Gasteiger partial charge in [0.05, 0.1) is 5.69 Å². The second-order valence-corrected chi connectivity index (χ2v) is 9.65. The van der Waals surface area contributed by atoms with Crippen LogP contribution < -0.4 is 0 Å². The van der Waals surface area contributed by atoms with Crippen LogP contribution in [-0.2, 0) is 25.8 Å². The first-order valence-electron chi connectivity index (χ1n) is 12.3. The van der Waals surface area contributed by atoms with Gasteiger partial charge >= 0.3 is 0 Å². The first-order chi connectivity index (χ1) is 15.4. The second-order valence-electron chi connectivity index (χ2n) is 9.65. The zero-order valence-electron chi connectivity index (χ0n) is 20.7. The lowest BCUT2D eigenvalue weighted by Crippen LogP contribution is -2.38. The van der Waals surface area contributed by atoms with Crippen molar-refractivity contribution >= 4 is 0 Å². The number of benzene rings is 2. The summed E-state index contributed by atoms with van der Waals surface area (Å²) in [4.78, 5) is 7.86. The molecule has 0 amide bonds. The fourth-order valence-corrected chi connectivity index (χ4v) is 5.61. The van der Waals surface area contributed by atoms with E-state index in [0.29, 0.717) is 12.0 Å². The van der Waals surface area contributed by atoms with Gasteiger partial charge in [0.25, 0.3) is 0 Å². The summed E-state index contributed by atoms with van der Waals surface area (Å²) < 4.78 is 0. The summed E-state index contributed by atoms with van der Waals surface area (Å²) in [5.41, 5.74) is 12.3. The molecule has 4 rings (SSSR count). The van der Waals surface area contributed by atoms with Gasteiger partial charge in [-0.2, -0.15) is 0 Å². The minimum absolute atomic E-state index is 0.464. The first-order valence-corrected chi connectivity index (χ1v) is 12.3. The van der Waals surface area contributed by atoms with Crippen molar-refractivity contribution in [2.45, 2.75) is 73.4 Å². The van der Waals surface area contributed by atoms with E-state index in [9.17, 15) is 0 Å². The highest BCUT2D eigenvalue weighted by Gasteiger charge is 2.30. The molecule has 3 aromatic rings. The molecule has 0 fully saturated rings. The van der Waals surface area contributed by atoms with Gasteiger partial charge < -0.3 is 0 Å². The second kappa shape index (κ2) is 9.58. The molecule has 0 radical (unpaired) electrons. The van der Waals surface area contributed by atoms with E-state index in [4.69, 9.17) is 4.98 Å². The SMILES string of the molecule is CCc1cccc(CC)c1-c1cc(C)c(CN2CCc3ccccc3C2C(C)C)c(C)n1. The lowest BCUT2D eigenvalue weighted by atomic mass is 9.85. The number of hydrogen-bond donors (Lipinski definition) is 0. The highest BCUT2D eigenvalue weighted by atomic mass is 15.2. The van der Waals surface area contributed by atoms with Crippen molar-refractivity contribution in [2.75, 3.05) is 6.54 Å². The highest BCUT2D eigenvalue weighted by molar-refractivity contribution is 5.69. The van der Waals surface area contributed by atoms with Crippen molar-refractivity contribution in [1.29, 1.82) is 0 Å². The first kappa shape index (κ1) is 22.7. The molecule has 168 valence electrons. The van der Waals surface area contributed by atoms with Gasteiger partial charge in [-0.15, -0.1) is 0 Å². The van der Waals surface area contributed by atoms with E-state index in [1.54, 1.807) is 0 Å². The average molecular weight is 427 g/mol. The van der Waals surface area contributed by atoms with Crippen LogP contribution in [0.15, 0.2) is 48.5 Å². The molecule has 1 aliphatic rings. The molecule has 0 spiro atoms. The van der Waals surface area contributed by atoms with Crippen LogP contribution in [0.25, 0.3) is 11.3 Å². The van der Waals surface area contributed by atoms with Gasteiger partial charge in [-0.05, 0) is 78.5 Å². The third-order valence-electron chi connectivity index (χ3n) is 7.24. The molecule has 1 aliphatic heterocycles. The quantitative estimate of drug-likeness (QED) is 0.413. The maximum atomic E-state index is 5.17. The smallest absolute Gasteiger partial charge is 0.0713 e. The number of fused-ring (bicyclic) bond motifs is 1. The molecule has 2 heteroatoms. The van der Waals surface area contributed by atoms with Crippen molar-refractivity contribution in [3.05, 3.63) is 87.6 Å².